The molecule has 0 saturated carbocycles. The van der Waals surface area contributed by atoms with E-state index in [4.69, 9.17) is 5.11 Å². The van der Waals surface area contributed by atoms with E-state index in [1.807, 2.05) is 6.07 Å². The summed E-state index contributed by atoms with van der Waals surface area (Å²) in [7, 11) is 0. The van der Waals surface area contributed by atoms with Crippen LogP contribution in [0.15, 0.2) is 18.2 Å². The van der Waals surface area contributed by atoms with Gasteiger partial charge >= 0.3 is 0 Å². The number of hydrogen-bond acceptors (Lipinski definition) is 1. The molecule has 1 heteroatoms. The van der Waals surface area contributed by atoms with Gasteiger partial charge in [-0.05, 0) is 23.5 Å². The number of aryl methyl sites for hydroxylation is 1. The van der Waals surface area contributed by atoms with Gasteiger partial charge in [-0.3, -0.25) is 0 Å². The van der Waals surface area contributed by atoms with Crippen LogP contribution >= 0.6 is 0 Å². The van der Waals surface area contributed by atoms with E-state index in [0.29, 0.717) is 0 Å². The normalized spacial score (nSPS) is 11.8. The molecule has 1 aromatic carbocycles. The van der Waals surface area contributed by atoms with Crippen molar-refractivity contribution in [1.82, 2.24) is 0 Å². The van der Waals surface area contributed by atoms with Gasteiger partial charge in [-0.15, -0.1) is 0 Å². The second-order valence-corrected chi connectivity index (χ2v) is 4.62. The van der Waals surface area contributed by atoms with E-state index >= 15 is 0 Å². The molecule has 0 aliphatic heterocycles. The molecule has 0 fully saturated rings. The van der Waals surface area contributed by atoms with Crippen molar-refractivity contribution in [2.24, 2.45) is 0 Å². The fourth-order valence-electron chi connectivity index (χ4n) is 1.39. The maximum atomic E-state index is 9.05. The molecule has 0 unspecified atom stereocenters. The van der Waals surface area contributed by atoms with Crippen LogP contribution in [0.4, 0.5) is 0 Å². The summed E-state index contributed by atoms with van der Waals surface area (Å²) in [5.41, 5.74) is 3.67. The van der Waals surface area contributed by atoms with Gasteiger partial charge in [0.15, 0.2) is 0 Å². The molecule has 0 aliphatic carbocycles. The Balaban J connectivity index is 3.16. The highest BCUT2D eigenvalue weighted by Gasteiger charge is 2.14. The smallest absolute Gasteiger partial charge is 0.0682 e. The monoisotopic (exact) mass is 180 g/mol. The lowest BCUT2D eigenvalue weighted by molar-refractivity contribution is 0.281. The molecule has 1 N–H and O–H groups in total. The van der Waals surface area contributed by atoms with E-state index in [-0.39, 0.29) is 12.0 Å². The molecule has 0 saturated heterocycles. The molecule has 0 atom stereocenters. The average molecular weight is 180 g/mol. The van der Waals surface area contributed by atoms with Crippen LogP contribution in [0.3, 0.4) is 0 Å². The van der Waals surface area contributed by atoms with Gasteiger partial charge in [0.1, 0.15) is 0 Å². The maximum Gasteiger partial charge on any atom is 0.0682 e. The van der Waals surface area contributed by atoms with Crippen molar-refractivity contribution in [2.75, 3.05) is 0 Å². The van der Waals surface area contributed by atoms with Gasteiger partial charge in [-0.2, -0.15) is 0 Å². The van der Waals surface area contributed by atoms with Gasteiger partial charge in [-0.1, -0.05) is 44.5 Å². The zero-order valence-corrected chi connectivity index (χ0v) is 8.89. The lowest BCUT2D eigenvalue weighted by atomic mass is 9.86. The first-order valence-corrected chi connectivity index (χ1v) is 4.65. The van der Waals surface area contributed by atoms with Crippen molar-refractivity contribution in [1.29, 1.82) is 0 Å². The van der Waals surface area contributed by atoms with E-state index in [1.165, 1.54) is 11.1 Å². The first-order chi connectivity index (χ1) is 5.93. The van der Waals surface area contributed by atoms with Gasteiger partial charge in [-0.25, -0.2) is 0 Å². The zero-order chi connectivity index (χ0) is 10.1. The molecule has 0 heterocycles. The minimum atomic E-state index is 0.130. The Labute approximate surface area is 80.4 Å². The lowest BCUT2D eigenvalue weighted by Crippen LogP contribution is -2.11. The molecular weight excluding hydrogens is 162 g/mol. The van der Waals surface area contributed by atoms with Crippen molar-refractivity contribution >= 4 is 0 Å². The third kappa shape index (κ3) is 2.56. The van der Waals surface area contributed by atoms with Gasteiger partial charge in [0.05, 0.1) is 6.61 Å². The summed E-state index contributed by atoms with van der Waals surface area (Å²) in [6, 6.07) is 6.28. The third-order valence-electron chi connectivity index (χ3n) is 2.19. The third-order valence-corrected chi connectivity index (χ3v) is 2.19. The van der Waals surface area contributed by atoms with Gasteiger partial charge in [0, 0.05) is 0 Å². The van der Waals surface area contributed by atoms with E-state index < -0.39 is 0 Å². The SMILES string of the molecule is Cc1cc([14CH2]O)cc(C(C)(C)C)c1. The van der Waals surface area contributed by atoms with Crippen LogP contribution in [0.2, 0.25) is 0 Å². The predicted octanol–water partition coefficient (Wildman–Crippen LogP) is 2.78. The van der Waals surface area contributed by atoms with E-state index in [0.717, 1.165) is 5.56 Å². The van der Waals surface area contributed by atoms with Gasteiger partial charge in [0.2, 0.25) is 0 Å². The molecule has 1 aromatic rings. The van der Waals surface area contributed by atoms with Crippen LogP contribution in [0, 0.1) is 6.92 Å². The standard InChI is InChI=1S/C12H18O/c1-9-5-10(8-13)7-11(6-9)12(2,3)4/h5-7,13H,8H2,1-4H3/i8+2. The molecule has 1 rings (SSSR count). The summed E-state index contributed by atoms with van der Waals surface area (Å²) in [6.07, 6.45) is 0. The molecule has 0 amide bonds. The molecule has 0 spiro atoms. The molecule has 0 radical (unpaired) electrons. The maximum absolute atomic E-state index is 9.05. The molecular formula is C12H18O. The van der Waals surface area contributed by atoms with Crippen molar-refractivity contribution < 1.29 is 5.11 Å². The Hall–Kier alpha value is -0.820. The zero-order valence-electron chi connectivity index (χ0n) is 8.89. The lowest BCUT2D eigenvalue weighted by Gasteiger charge is -2.20. The summed E-state index contributed by atoms with van der Waals surface area (Å²) in [4.78, 5) is 0. The van der Waals surface area contributed by atoms with Crippen LogP contribution in [-0.2, 0) is 12.0 Å². The quantitative estimate of drug-likeness (QED) is 0.704. The van der Waals surface area contributed by atoms with Gasteiger partial charge < -0.3 is 5.11 Å². The number of aliphatic hydroxyl groups is 1. The second kappa shape index (κ2) is 3.51. The fourth-order valence-corrected chi connectivity index (χ4v) is 1.39. The van der Waals surface area contributed by atoms with Crippen LogP contribution in [0.25, 0.3) is 0 Å². The van der Waals surface area contributed by atoms with Crippen LogP contribution in [0.5, 0.6) is 0 Å². The van der Waals surface area contributed by atoms with Crippen molar-refractivity contribution in [2.45, 2.75) is 39.7 Å². The summed E-state index contributed by atoms with van der Waals surface area (Å²) >= 11 is 0. The first-order valence-electron chi connectivity index (χ1n) is 4.65. The van der Waals surface area contributed by atoms with Crippen LogP contribution in [-0.4, -0.2) is 5.11 Å². The van der Waals surface area contributed by atoms with Crippen LogP contribution < -0.4 is 0 Å². The van der Waals surface area contributed by atoms with Crippen molar-refractivity contribution in [3.8, 4) is 0 Å². The average Bonchev–Trinajstić information content (AvgIpc) is 2.01. The Kier molecular flexibility index (Phi) is 2.77. The Bertz CT molecular complexity index is 294. The minimum absolute atomic E-state index is 0.130. The molecule has 0 aromatic heterocycles. The fraction of sp³-hybridized carbons (Fsp3) is 0.500. The number of aliphatic hydroxyl groups excluding tert-OH is 1. The summed E-state index contributed by atoms with van der Waals surface area (Å²) in [5, 5.41) is 9.05. The Morgan fingerprint density at radius 2 is 1.77 bits per heavy atom. The molecule has 13 heavy (non-hydrogen) atoms. The topological polar surface area (TPSA) is 20.2 Å². The van der Waals surface area contributed by atoms with Crippen molar-refractivity contribution in [3.63, 3.8) is 0 Å². The minimum Gasteiger partial charge on any atom is -0.392 e. The predicted molar refractivity (Wildman–Crippen MR) is 55.8 cm³/mol. The molecule has 0 aliphatic rings. The summed E-state index contributed by atoms with van der Waals surface area (Å²) in [5.74, 6) is 0. The van der Waals surface area contributed by atoms with Crippen molar-refractivity contribution in [3.05, 3.63) is 34.9 Å². The Morgan fingerprint density at radius 3 is 2.23 bits per heavy atom. The Morgan fingerprint density at radius 1 is 1.15 bits per heavy atom. The van der Waals surface area contributed by atoms with Gasteiger partial charge in [0.25, 0.3) is 0 Å². The van der Waals surface area contributed by atoms with E-state index in [2.05, 4.69) is 39.8 Å². The number of rotatable bonds is 1. The van der Waals surface area contributed by atoms with Crippen LogP contribution in [0.1, 0.15) is 37.5 Å². The number of benzene rings is 1. The largest absolute Gasteiger partial charge is 0.392 e. The van der Waals surface area contributed by atoms with E-state index in [1.54, 1.807) is 0 Å². The highest BCUT2D eigenvalue weighted by molar-refractivity contribution is 5.33. The summed E-state index contributed by atoms with van der Waals surface area (Å²) in [6.45, 7) is 8.74. The molecule has 1 nitrogen and oxygen atoms in total. The first kappa shape index (κ1) is 10.3. The highest BCUT2D eigenvalue weighted by atomic mass is 16.5. The summed E-state index contributed by atoms with van der Waals surface area (Å²) < 4.78 is 0. The molecule has 0 bridgehead atoms. The van der Waals surface area contributed by atoms with E-state index in [9.17, 15) is 0 Å². The second-order valence-electron chi connectivity index (χ2n) is 4.62. The number of hydrogen-bond donors (Lipinski definition) is 1. The molecule has 72 valence electrons. The highest BCUT2D eigenvalue weighted by Crippen LogP contribution is 2.24.